The Bertz CT molecular complexity index is 771. The second-order valence-corrected chi connectivity index (χ2v) is 5.91. The van der Waals surface area contributed by atoms with E-state index in [1.54, 1.807) is 17.4 Å². The van der Waals surface area contributed by atoms with Crippen molar-refractivity contribution in [1.82, 2.24) is 4.98 Å². The number of fused-ring (bicyclic) bond motifs is 1. The van der Waals surface area contributed by atoms with Crippen LogP contribution in [0.1, 0.15) is 15.4 Å². The van der Waals surface area contributed by atoms with Gasteiger partial charge in [0.15, 0.2) is 5.69 Å². The van der Waals surface area contributed by atoms with Crippen molar-refractivity contribution in [3.63, 3.8) is 0 Å². The largest absolute Gasteiger partial charge is 0.461 e. The number of pyridine rings is 1. The Morgan fingerprint density at radius 1 is 1.24 bits per heavy atom. The molecule has 0 N–H and O–H groups in total. The minimum Gasteiger partial charge on any atom is -0.461 e. The van der Waals surface area contributed by atoms with Gasteiger partial charge in [0.25, 0.3) is 0 Å². The van der Waals surface area contributed by atoms with Gasteiger partial charge in [-0.2, -0.15) is 0 Å². The molecule has 0 bridgehead atoms. The molecule has 0 unspecified atom stereocenters. The maximum atomic E-state index is 12.0. The van der Waals surface area contributed by atoms with Crippen molar-refractivity contribution in [3.8, 4) is 0 Å². The fourth-order valence-corrected chi connectivity index (χ4v) is 2.96. The molecule has 3 rings (SSSR count). The van der Waals surface area contributed by atoms with Gasteiger partial charge >= 0.3 is 5.97 Å². The zero-order valence-corrected chi connectivity index (χ0v) is 12.7. The molecule has 3 nitrogen and oxygen atoms in total. The lowest BCUT2D eigenvalue weighted by molar-refractivity contribution is 0.0503. The highest BCUT2D eigenvalue weighted by Gasteiger charge is 2.12. The second kappa shape index (κ2) is 6.24. The SMILES string of the molecule is O=C(OCCc1cccs1)c1cc(Cl)c2ccccc2n1. The average Bonchev–Trinajstić information content (AvgIpc) is 3.00. The smallest absolute Gasteiger partial charge is 0.357 e. The molecule has 5 heteroatoms. The molecule has 21 heavy (non-hydrogen) atoms. The van der Waals surface area contributed by atoms with Crippen LogP contribution >= 0.6 is 22.9 Å². The van der Waals surface area contributed by atoms with Gasteiger partial charge in [0, 0.05) is 16.7 Å². The molecule has 2 heterocycles. The molecular weight excluding hydrogens is 306 g/mol. The number of thiophene rings is 1. The summed E-state index contributed by atoms with van der Waals surface area (Å²) in [4.78, 5) is 17.5. The van der Waals surface area contributed by atoms with Gasteiger partial charge in [0.2, 0.25) is 0 Å². The van der Waals surface area contributed by atoms with Gasteiger partial charge in [-0.1, -0.05) is 35.9 Å². The number of aromatic nitrogens is 1. The number of halogens is 1. The summed E-state index contributed by atoms with van der Waals surface area (Å²) in [6, 6.07) is 13.0. The first kappa shape index (κ1) is 14.0. The van der Waals surface area contributed by atoms with E-state index in [0.29, 0.717) is 23.6 Å². The average molecular weight is 318 g/mol. The summed E-state index contributed by atoms with van der Waals surface area (Å²) in [6.45, 7) is 0.339. The van der Waals surface area contributed by atoms with E-state index in [0.717, 1.165) is 5.39 Å². The number of hydrogen-bond acceptors (Lipinski definition) is 4. The van der Waals surface area contributed by atoms with Crippen LogP contribution in [0.4, 0.5) is 0 Å². The number of carbonyl (C=O) groups is 1. The molecule has 0 saturated carbocycles. The number of carbonyl (C=O) groups excluding carboxylic acids is 1. The summed E-state index contributed by atoms with van der Waals surface area (Å²) in [5, 5.41) is 3.34. The van der Waals surface area contributed by atoms with Crippen LogP contribution in [-0.4, -0.2) is 17.6 Å². The minimum atomic E-state index is -0.445. The quantitative estimate of drug-likeness (QED) is 0.672. The Morgan fingerprint density at radius 2 is 2.10 bits per heavy atom. The predicted octanol–water partition coefficient (Wildman–Crippen LogP) is 4.35. The maximum absolute atomic E-state index is 12.0. The molecular formula is C16H12ClNO2S. The van der Waals surface area contributed by atoms with Gasteiger partial charge in [-0.05, 0) is 23.6 Å². The lowest BCUT2D eigenvalue weighted by Crippen LogP contribution is -2.09. The van der Waals surface area contributed by atoms with Crippen LogP contribution in [0.2, 0.25) is 5.02 Å². The highest BCUT2D eigenvalue weighted by molar-refractivity contribution is 7.09. The summed E-state index contributed by atoms with van der Waals surface area (Å²) in [5.74, 6) is -0.445. The van der Waals surface area contributed by atoms with E-state index in [1.165, 1.54) is 4.88 Å². The van der Waals surface area contributed by atoms with E-state index in [9.17, 15) is 4.79 Å². The zero-order valence-electron chi connectivity index (χ0n) is 11.1. The zero-order chi connectivity index (χ0) is 14.7. The fraction of sp³-hybridized carbons (Fsp3) is 0.125. The third-order valence-corrected chi connectivity index (χ3v) is 4.29. The van der Waals surface area contributed by atoms with Crippen molar-refractivity contribution in [3.05, 3.63) is 63.4 Å². The maximum Gasteiger partial charge on any atom is 0.357 e. The molecule has 0 amide bonds. The number of nitrogens with zero attached hydrogens (tertiary/aromatic N) is 1. The van der Waals surface area contributed by atoms with Gasteiger partial charge in [0.1, 0.15) is 0 Å². The number of esters is 1. The van der Waals surface area contributed by atoms with Crippen molar-refractivity contribution < 1.29 is 9.53 Å². The molecule has 0 fully saturated rings. The monoisotopic (exact) mass is 317 g/mol. The van der Waals surface area contributed by atoms with Gasteiger partial charge in [-0.25, -0.2) is 9.78 Å². The topological polar surface area (TPSA) is 39.2 Å². The van der Waals surface area contributed by atoms with Crippen LogP contribution in [0.5, 0.6) is 0 Å². The molecule has 0 saturated heterocycles. The van der Waals surface area contributed by atoms with Crippen LogP contribution in [0.3, 0.4) is 0 Å². The van der Waals surface area contributed by atoms with Crippen molar-refractivity contribution in [2.75, 3.05) is 6.61 Å². The molecule has 0 aliphatic rings. The third kappa shape index (κ3) is 3.23. The minimum absolute atomic E-state index is 0.241. The van der Waals surface area contributed by atoms with E-state index in [1.807, 2.05) is 41.8 Å². The first-order valence-electron chi connectivity index (χ1n) is 6.49. The van der Waals surface area contributed by atoms with Crippen LogP contribution < -0.4 is 0 Å². The Hall–Kier alpha value is -1.91. The third-order valence-electron chi connectivity index (χ3n) is 3.04. The fourth-order valence-electron chi connectivity index (χ4n) is 2.01. The van der Waals surface area contributed by atoms with E-state index >= 15 is 0 Å². The normalized spacial score (nSPS) is 10.7. The Kier molecular flexibility index (Phi) is 4.18. The highest BCUT2D eigenvalue weighted by Crippen LogP contribution is 2.23. The molecule has 3 aromatic rings. The molecule has 0 aliphatic heterocycles. The number of hydrogen-bond donors (Lipinski definition) is 0. The Morgan fingerprint density at radius 3 is 2.90 bits per heavy atom. The standard InChI is InChI=1S/C16H12ClNO2S/c17-13-10-15(18-14-6-2-1-5-12(13)14)16(19)20-8-7-11-4-3-9-21-11/h1-6,9-10H,7-8H2. The van der Waals surface area contributed by atoms with Gasteiger partial charge in [0.05, 0.1) is 17.1 Å². The van der Waals surface area contributed by atoms with E-state index < -0.39 is 5.97 Å². The molecule has 2 aromatic heterocycles. The molecule has 106 valence electrons. The lowest BCUT2D eigenvalue weighted by Gasteiger charge is -2.06. The van der Waals surface area contributed by atoms with Crippen LogP contribution in [0.25, 0.3) is 10.9 Å². The summed E-state index contributed by atoms with van der Waals surface area (Å²) < 4.78 is 5.25. The van der Waals surface area contributed by atoms with Gasteiger partial charge in [-0.3, -0.25) is 0 Å². The molecule has 0 aliphatic carbocycles. The van der Waals surface area contributed by atoms with Crippen LogP contribution in [0, 0.1) is 0 Å². The Labute approximate surface area is 131 Å². The van der Waals surface area contributed by atoms with E-state index in [4.69, 9.17) is 16.3 Å². The molecule has 0 spiro atoms. The number of benzene rings is 1. The van der Waals surface area contributed by atoms with Crippen molar-refractivity contribution >= 4 is 39.8 Å². The molecule has 0 radical (unpaired) electrons. The number of para-hydroxylation sites is 1. The lowest BCUT2D eigenvalue weighted by atomic mass is 10.2. The van der Waals surface area contributed by atoms with Crippen molar-refractivity contribution in [1.29, 1.82) is 0 Å². The summed E-state index contributed by atoms with van der Waals surface area (Å²) in [6.07, 6.45) is 0.713. The van der Waals surface area contributed by atoms with Gasteiger partial charge < -0.3 is 4.74 Å². The molecule has 0 atom stereocenters. The molecule has 1 aromatic carbocycles. The first-order valence-corrected chi connectivity index (χ1v) is 7.74. The van der Waals surface area contributed by atoms with Gasteiger partial charge in [-0.15, -0.1) is 11.3 Å². The highest BCUT2D eigenvalue weighted by atomic mass is 35.5. The summed E-state index contributed by atoms with van der Waals surface area (Å²) in [5.41, 5.74) is 0.931. The number of rotatable bonds is 4. The second-order valence-electron chi connectivity index (χ2n) is 4.47. The van der Waals surface area contributed by atoms with Crippen LogP contribution in [-0.2, 0) is 11.2 Å². The van der Waals surface area contributed by atoms with Crippen LogP contribution in [0.15, 0.2) is 47.8 Å². The van der Waals surface area contributed by atoms with Crippen molar-refractivity contribution in [2.45, 2.75) is 6.42 Å². The summed E-state index contributed by atoms with van der Waals surface area (Å²) in [7, 11) is 0. The van der Waals surface area contributed by atoms with E-state index in [-0.39, 0.29) is 5.69 Å². The predicted molar refractivity (Wildman–Crippen MR) is 85.1 cm³/mol. The number of ether oxygens (including phenoxy) is 1. The Balaban J connectivity index is 1.72. The first-order chi connectivity index (χ1) is 10.2. The van der Waals surface area contributed by atoms with E-state index in [2.05, 4.69) is 4.98 Å². The summed E-state index contributed by atoms with van der Waals surface area (Å²) >= 11 is 7.82. The van der Waals surface area contributed by atoms with Crippen molar-refractivity contribution in [2.24, 2.45) is 0 Å².